The first-order valence-electron chi connectivity index (χ1n) is 7.82. The van der Waals surface area contributed by atoms with Gasteiger partial charge in [0.25, 0.3) is 0 Å². The van der Waals surface area contributed by atoms with Crippen molar-refractivity contribution >= 4 is 5.91 Å². The Morgan fingerprint density at radius 2 is 1.76 bits per heavy atom. The summed E-state index contributed by atoms with van der Waals surface area (Å²) in [5.74, 6) is 0.487. The highest BCUT2D eigenvalue weighted by atomic mass is 16.1. The lowest BCUT2D eigenvalue weighted by molar-refractivity contribution is -0.124. The van der Waals surface area contributed by atoms with Gasteiger partial charge in [0.2, 0.25) is 5.91 Å². The molecule has 3 heteroatoms. The van der Waals surface area contributed by atoms with E-state index >= 15 is 0 Å². The topological polar surface area (TPSA) is 55.1 Å². The van der Waals surface area contributed by atoms with E-state index in [0.29, 0.717) is 29.7 Å². The van der Waals surface area contributed by atoms with Gasteiger partial charge in [-0.25, -0.2) is 0 Å². The van der Waals surface area contributed by atoms with Crippen molar-refractivity contribution in [1.29, 1.82) is 0 Å². The largest absolute Gasteiger partial charge is 0.355 e. The Kier molecular flexibility index (Phi) is 4.43. The van der Waals surface area contributed by atoms with E-state index < -0.39 is 0 Å². The van der Waals surface area contributed by atoms with Gasteiger partial charge in [0.05, 0.1) is 5.92 Å². The van der Waals surface area contributed by atoms with Crippen LogP contribution in [0.2, 0.25) is 0 Å². The van der Waals surface area contributed by atoms with Crippen LogP contribution in [0.5, 0.6) is 0 Å². The molecular formula is C18H28N2O. The Bertz CT molecular complexity index is 479. The van der Waals surface area contributed by atoms with Crippen LogP contribution in [0, 0.1) is 22.7 Å². The maximum atomic E-state index is 12.3. The van der Waals surface area contributed by atoms with E-state index in [4.69, 9.17) is 5.73 Å². The molecule has 1 amide bonds. The average molecular weight is 288 g/mol. The number of hydrogen-bond acceptors (Lipinski definition) is 2. The molecular weight excluding hydrogens is 260 g/mol. The summed E-state index contributed by atoms with van der Waals surface area (Å²) in [6, 6.07) is 10.1. The molecule has 0 heterocycles. The zero-order chi connectivity index (χ0) is 15.7. The predicted molar refractivity (Wildman–Crippen MR) is 86.8 cm³/mol. The van der Waals surface area contributed by atoms with Gasteiger partial charge >= 0.3 is 0 Å². The zero-order valence-electron chi connectivity index (χ0n) is 13.6. The van der Waals surface area contributed by atoms with E-state index in [9.17, 15) is 4.79 Å². The van der Waals surface area contributed by atoms with E-state index in [2.05, 4.69) is 33.0 Å². The van der Waals surface area contributed by atoms with Crippen molar-refractivity contribution in [3.8, 4) is 0 Å². The SMILES string of the molecule is CC1(C)C(CNC(=O)C(CN)Cc2ccccc2)C1(C)C. The molecule has 1 unspecified atom stereocenters. The number of carbonyl (C=O) groups is 1. The highest BCUT2D eigenvalue weighted by Gasteiger charge is 2.64. The molecule has 1 aromatic rings. The van der Waals surface area contributed by atoms with Gasteiger partial charge in [0.1, 0.15) is 0 Å². The zero-order valence-corrected chi connectivity index (χ0v) is 13.6. The minimum Gasteiger partial charge on any atom is -0.355 e. The van der Waals surface area contributed by atoms with Gasteiger partial charge < -0.3 is 11.1 Å². The smallest absolute Gasteiger partial charge is 0.224 e. The van der Waals surface area contributed by atoms with Crippen molar-refractivity contribution in [1.82, 2.24) is 5.32 Å². The summed E-state index contributed by atoms with van der Waals surface area (Å²) >= 11 is 0. The van der Waals surface area contributed by atoms with Gasteiger partial charge in [-0.05, 0) is 28.7 Å². The number of hydrogen-bond donors (Lipinski definition) is 2. The third-order valence-electron chi connectivity index (χ3n) is 5.78. The summed E-state index contributed by atoms with van der Waals surface area (Å²) in [6.07, 6.45) is 0.709. The van der Waals surface area contributed by atoms with Gasteiger partial charge in [-0.3, -0.25) is 4.79 Å². The fourth-order valence-corrected chi connectivity index (χ4v) is 3.37. The van der Waals surface area contributed by atoms with E-state index in [1.807, 2.05) is 30.3 Å². The lowest BCUT2D eigenvalue weighted by Gasteiger charge is -2.15. The molecule has 116 valence electrons. The van der Waals surface area contributed by atoms with Crippen LogP contribution in [0.15, 0.2) is 30.3 Å². The molecule has 0 spiro atoms. The molecule has 1 atom stereocenters. The van der Waals surface area contributed by atoms with Gasteiger partial charge in [0.15, 0.2) is 0 Å². The maximum Gasteiger partial charge on any atom is 0.224 e. The van der Waals surface area contributed by atoms with Crippen LogP contribution in [0.4, 0.5) is 0 Å². The minimum absolute atomic E-state index is 0.0832. The monoisotopic (exact) mass is 288 g/mol. The second kappa shape index (κ2) is 5.80. The minimum atomic E-state index is -0.141. The quantitative estimate of drug-likeness (QED) is 0.845. The van der Waals surface area contributed by atoms with Crippen LogP contribution < -0.4 is 11.1 Å². The Morgan fingerprint density at radius 3 is 2.24 bits per heavy atom. The average Bonchev–Trinajstić information content (AvgIpc) is 2.84. The third kappa shape index (κ3) is 3.13. The van der Waals surface area contributed by atoms with Crippen molar-refractivity contribution in [2.75, 3.05) is 13.1 Å². The number of benzene rings is 1. The molecule has 0 aromatic heterocycles. The van der Waals surface area contributed by atoms with Crippen molar-refractivity contribution in [3.05, 3.63) is 35.9 Å². The summed E-state index contributed by atoms with van der Waals surface area (Å²) in [6.45, 7) is 10.2. The van der Waals surface area contributed by atoms with Gasteiger partial charge in [-0.15, -0.1) is 0 Å². The highest BCUT2D eigenvalue weighted by Crippen LogP contribution is 2.67. The normalized spacial score (nSPS) is 20.8. The lowest BCUT2D eigenvalue weighted by atomic mass is 9.98. The van der Waals surface area contributed by atoms with Crippen LogP contribution in [0.25, 0.3) is 0 Å². The van der Waals surface area contributed by atoms with Crippen molar-refractivity contribution in [3.63, 3.8) is 0 Å². The first kappa shape index (κ1) is 16.0. The number of rotatable bonds is 6. The number of carbonyl (C=O) groups excluding carboxylic acids is 1. The van der Waals surface area contributed by atoms with Crippen LogP contribution in [-0.2, 0) is 11.2 Å². The van der Waals surface area contributed by atoms with E-state index in [0.717, 1.165) is 12.1 Å². The number of nitrogens with two attached hydrogens (primary N) is 1. The lowest BCUT2D eigenvalue weighted by Crippen LogP contribution is -2.37. The summed E-state index contributed by atoms with van der Waals surface area (Å²) < 4.78 is 0. The van der Waals surface area contributed by atoms with Crippen molar-refractivity contribution < 1.29 is 4.79 Å². The van der Waals surface area contributed by atoms with Crippen LogP contribution in [0.1, 0.15) is 33.3 Å². The summed E-state index contributed by atoms with van der Waals surface area (Å²) in [7, 11) is 0. The van der Waals surface area contributed by atoms with E-state index in [1.54, 1.807) is 0 Å². The maximum absolute atomic E-state index is 12.3. The highest BCUT2D eigenvalue weighted by molar-refractivity contribution is 5.79. The van der Waals surface area contributed by atoms with Crippen molar-refractivity contribution in [2.45, 2.75) is 34.1 Å². The molecule has 2 rings (SSSR count). The molecule has 0 saturated heterocycles. The summed E-state index contributed by atoms with van der Waals surface area (Å²) in [5.41, 5.74) is 7.56. The molecule has 1 aromatic carbocycles. The molecule has 3 nitrogen and oxygen atoms in total. The standard InChI is InChI=1S/C18H28N2O/c1-17(2)15(18(17,3)4)12-20-16(21)14(11-19)10-13-8-6-5-7-9-13/h5-9,14-15H,10-12,19H2,1-4H3,(H,20,21). The van der Waals surface area contributed by atoms with Crippen LogP contribution in [0.3, 0.4) is 0 Å². The fourth-order valence-electron chi connectivity index (χ4n) is 3.37. The van der Waals surface area contributed by atoms with Gasteiger partial charge in [-0.2, -0.15) is 0 Å². The Morgan fingerprint density at radius 1 is 1.19 bits per heavy atom. The molecule has 0 aliphatic heterocycles. The summed E-state index contributed by atoms with van der Waals surface area (Å²) in [4.78, 5) is 12.3. The molecule has 0 bridgehead atoms. The Balaban J connectivity index is 1.87. The Hall–Kier alpha value is -1.35. The molecule has 1 fully saturated rings. The molecule has 3 N–H and O–H groups in total. The number of amides is 1. The molecule has 1 aliphatic rings. The fraction of sp³-hybridized carbons (Fsp3) is 0.611. The third-order valence-corrected chi connectivity index (χ3v) is 5.78. The predicted octanol–water partition coefficient (Wildman–Crippen LogP) is 2.60. The Labute approximate surface area is 128 Å². The number of nitrogens with one attached hydrogen (secondary N) is 1. The molecule has 21 heavy (non-hydrogen) atoms. The van der Waals surface area contributed by atoms with Crippen molar-refractivity contribution in [2.24, 2.45) is 28.4 Å². The van der Waals surface area contributed by atoms with E-state index in [1.165, 1.54) is 0 Å². The first-order valence-corrected chi connectivity index (χ1v) is 7.82. The second-order valence-corrected chi connectivity index (χ2v) is 7.36. The van der Waals surface area contributed by atoms with Gasteiger partial charge in [0, 0.05) is 13.1 Å². The second-order valence-electron chi connectivity index (χ2n) is 7.36. The first-order chi connectivity index (χ1) is 9.80. The van der Waals surface area contributed by atoms with E-state index in [-0.39, 0.29) is 11.8 Å². The molecule has 0 radical (unpaired) electrons. The molecule has 1 saturated carbocycles. The van der Waals surface area contributed by atoms with Crippen LogP contribution >= 0.6 is 0 Å². The van der Waals surface area contributed by atoms with Gasteiger partial charge in [-0.1, -0.05) is 58.0 Å². The molecule has 1 aliphatic carbocycles. The summed E-state index contributed by atoms with van der Waals surface area (Å²) in [5, 5.41) is 3.11. The van der Waals surface area contributed by atoms with Crippen LogP contribution in [-0.4, -0.2) is 19.0 Å².